The van der Waals surface area contributed by atoms with Crippen molar-refractivity contribution in [2.24, 2.45) is 0 Å². The molecule has 1 aromatic rings. The number of nitrogens with one attached hydrogen (secondary N) is 1. The molecule has 1 aliphatic rings. The van der Waals surface area contributed by atoms with Gasteiger partial charge in [-0.05, 0) is 45.7 Å². The molecule has 2 amide bonds. The molecule has 6 nitrogen and oxygen atoms in total. The molecule has 1 aromatic heterocycles. The third-order valence-electron chi connectivity index (χ3n) is 4.57. The van der Waals surface area contributed by atoms with E-state index in [0.717, 1.165) is 17.0 Å². The van der Waals surface area contributed by atoms with Crippen LogP contribution in [0.5, 0.6) is 0 Å². The van der Waals surface area contributed by atoms with Gasteiger partial charge in [0.25, 0.3) is 0 Å². The van der Waals surface area contributed by atoms with Crippen molar-refractivity contribution in [3.8, 4) is 0 Å². The summed E-state index contributed by atoms with van der Waals surface area (Å²) in [5, 5.41) is 2.83. The lowest BCUT2D eigenvalue weighted by atomic mass is 10.1. The SMILES string of the molecule is Cc1ccc(CNC(=O)N2CCC(C)(C)S(=O)(=O)CC2)nc1C. The molecule has 7 heteroatoms. The second-order valence-corrected chi connectivity index (χ2v) is 9.42. The van der Waals surface area contributed by atoms with Crippen LogP contribution in [-0.4, -0.2) is 47.9 Å². The fourth-order valence-electron chi connectivity index (χ4n) is 2.44. The minimum absolute atomic E-state index is 0.00924. The van der Waals surface area contributed by atoms with Crippen LogP contribution >= 0.6 is 0 Å². The zero-order valence-electron chi connectivity index (χ0n) is 14.2. The Morgan fingerprint density at radius 3 is 2.65 bits per heavy atom. The van der Waals surface area contributed by atoms with Crippen molar-refractivity contribution in [3.05, 3.63) is 29.1 Å². The molecule has 0 unspecified atom stereocenters. The van der Waals surface area contributed by atoms with E-state index in [-0.39, 0.29) is 18.3 Å². The van der Waals surface area contributed by atoms with Gasteiger partial charge in [-0.2, -0.15) is 0 Å². The van der Waals surface area contributed by atoms with E-state index < -0.39 is 14.6 Å². The number of sulfone groups is 1. The summed E-state index contributed by atoms with van der Waals surface area (Å²) in [5.41, 5.74) is 2.85. The molecule has 0 bridgehead atoms. The topological polar surface area (TPSA) is 79.4 Å². The monoisotopic (exact) mass is 339 g/mol. The maximum absolute atomic E-state index is 12.3. The molecule has 0 spiro atoms. The first kappa shape index (κ1) is 17.7. The van der Waals surface area contributed by atoms with E-state index in [0.29, 0.717) is 19.5 Å². The maximum atomic E-state index is 12.3. The number of hydrogen-bond donors (Lipinski definition) is 1. The fourth-order valence-corrected chi connectivity index (χ4v) is 3.86. The Labute approximate surface area is 138 Å². The minimum Gasteiger partial charge on any atom is -0.332 e. The molecule has 0 saturated carbocycles. The average Bonchev–Trinajstić information content (AvgIpc) is 2.57. The zero-order valence-corrected chi connectivity index (χ0v) is 15.0. The van der Waals surface area contributed by atoms with Gasteiger partial charge in [0.15, 0.2) is 9.84 Å². The molecule has 128 valence electrons. The van der Waals surface area contributed by atoms with Gasteiger partial charge in [0.05, 0.1) is 22.7 Å². The number of rotatable bonds is 2. The summed E-state index contributed by atoms with van der Waals surface area (Å²) >= 11 is 0. The second kappa shape index (κ2) is 6.47. The number of amides is 2. The highest BCUT2D eigenvalue weighted by Gasteiger charge is 2.37. The summed E-state index contributed by atoms with van der Waals surface area (Å²) in [4.78, 5) is 18.3. The summed E-state index contributed by atoms with van der Waals surface area (Å²) < 4.78 is 23.6. The summed E-state index contributed by atoms with van der Waals surface area (Å²) in [7, 11) is -3.18. The first-order chi connectivity index (χ1) is 10.6. The molecule has 1 fully saturated rings. The molecular weight excluding hydrogens is 314 g/mol. The summed E-state index contributed by atoms with van der Waals surface area (Å²) in [6.07, 6.45) is 0.449. The van der Waals surface area contributed by atoms with Crippen molar-refractivity contribution in [2.45, 2.75) is 45.4 Å². The van der Waals surface area contributed by atoms with Crippen molar-refractivity contribution >= 4 is 15.9 Å². The van der Waals surface area contributed by atoms with E-state index in [1.165, 1.54) is 0 Å². The molecule has 1 aliphatic heterocycles. The van der Waals surface area contributed by atoms with E-state index in [9.17, 15) is 13.2 Å². The highest BCUT2D eigenvalue weighted by molar-refractivity contribution is 7.92. The molecule has 23 heavy (non-hydrogen) atoms. The standard InChI is InChI=1S/C16H25N3O3S/c1-12-5-6-14(18-13(12)2)11-17-15(20)19-8-7-16(3,4)23(21,22)10-9-19/h5-6H,7-11H2,1-4H3,(H,17,20). The van der Waals surface area contributed by atoms with Gasteiger partial charge in [0.2, 0.25) is 0 Å². The number of aromatic nitrogens is 1. The van der Waals surface area contributed by atoms with Crippen molar-refractivity contribution in [1.82, 2.24) is 15.2 Å². The number of pyridine rings is 1. The van der Waals surface area contributed by atoms with Crippen molar-refractivity contribution in [1.29, 1.82) is 0 Å². The van der Waals surface area contributed by atoms with E-state index in [4.69, 9.17) is 0 Å². The Morgan fingerprint density at radius 2 is 2.00 bits per heavy atom. The van der Waals surface area contributed by atoms with Crippen LogP contribution in [0, 0.1) is 13.8 Å². The lowest BCUT2D eigenvalue weighted by Crippen LogP contribution is -2.41. The molecule has 0 aromatic carbocycles. The minimum atomic E-state index is -3.18. The number of carbonyl (C=O) groups excluding carboxylic acids is 1. The van der Waals surface area contributed by atoms with Gasteiger partial charge in [-0.3, -0.25) is 4.98 Å². The van der Waals surface area contributed by atoms with Gasteiger partial charge >= 0.3 is 6.03 Å². The number of hydrogen-bond acceptors (Lipinski definition) is 4. The van der Waals surface area contributed by atoms with Crippen LogP contribution in [0.3, 0.4) is 0 Å². The van der Waals surface area contributed by atoms with Crippen LogP contribution in [0.25, 0.3) is 0 Å². The fraction of sp³-hybridized carbons (Fsp3) is 0.625. The molecule has 2 rings (SSSR count). The van der Waals surface area contributed by atoms with Crippen molar-refractivity contribution in [2.75, 3.05) is 18.8 Å². The summed E-state index contributed by atoms with van der Waals surface area (Å²) in [5.74, 6) is 0.00924. The van der Waals surface area contributed by atoms with E-state index in [1.807, 2.05) is 26.0 Å². The normalized spacial score (nSPS) is 19.9. The van der Waals surface area contributed by atoms with Crippen molar-refractivity contribution < 1.29 is 13.2 Å². The van der Waals surface area contributed by atoms with Crippen LogP contribution in [0.15, 0.2) is 12.1 Å². The Morgan fingerprint density at radius 1 is 1.30 bits per heavy atom. The summed E-state index contributed by atoms with van der Waals surface area (Å²) in [6.45, 7) is 8.39. The maximum Gasteiger partial charge on any atom is 0.317 e. The van der Waals surface area contributed by atoms with Crippen LogP contribution in [0.2, 0.25) is 0 Å². The Hall–Kier alpha value is -1.63. The molecule has 1 N–H and O–H groups in total. The van der Waals surface area contributed by atoms with E-state index in [2.05, 4.69) is 10.3 Å². The Balaban J connectivity index is 1.97. The van der Waals surface area contributed by atoms with Crippen LogP contribution in [-0.2, 0) is 16.4 Å². The first-order valence-corrected chi connectivity index (χ1v) is 9.46. The second-order valence-electron chi connectivity index (χ2n) is 6.68. The van der Waals surface area contributed by atoms with E-state index in [1.54, 1.807) is 18.7 Å². The van der Waals surface area contributed by atoms with Crippen LogP contribution in [0.4, 0.5) is 4.79 Å². The predicted molar refractivity (Wildman–Crippen MR) is 90.0 cm³/mol. The van der Waals surface area contributed by atoms with Gasteiger partial charge in [-0.15, -0.1) is 0 Å². The molecule has 0 atom stereocenters. The van der Waals surface area contributed by atoms with Gasteiger partial charge < -0.3 is 10.2 Å². The number of nitrogens with zero attached hydrogens (tertiary/aromatic N) is 2. The molecule has 1 saturated heterocycles. The van der Waals surface area contributed by atoms with Gasteiger partial charge in [0, 0.05) is 18.8 Å². The first-order valence-electron chi connectivity index (χ1n) is 7.80. The molecule has 2 heterocycles. The summed E-state index contributed by atoms with van der Waals surface area (Å²) in [6, 6.07) is 3.63. The van der Waals surface area contributed by atoms with Crippen LogP contribution in [0.1, 0.15) is 37.2 Å². The molecule has 0 aliphatic carbocycles. The largest absolute Gasteiger partial charge is 0.332 e. The van der Waals surface area contributed by atoms with E-state index >= 15 is 0 Å². The number of aryl methyl sites for hydroxylation is 2. The van der Waals surface area contributed by atoms with Gasteiger partial charge in [-0.1, -0.05) is 6.07 Å². The lowest BCUT2D eigenvalue weighted by Gasteiger charge is -2.22. The number of urea groups is 1. The van der Waals surface area contributed by atoms with Gasteiger partial charge in [-0.25, -0.2) is 13.2 Å². The zero-order chi connectivity index (χ0) is 17.3. The average molecular weight is 339 g/mol. The lowest BCUT2D eigenvalue weighted by molar-refractivity contribution is 0.199. The Bertz CT molecular complexity index is 699. The predicted octanol–water partition coefficient (Wildman–Crippen LogP) is 1.81. The molecular formula is C16H25N3O3S. The Kier molecular flexibility index (Phi) is 4.98. The molecule has 0 radical (unpaired) electrons. The van der Waals surface area contributed by atoms with Crippen LogP contribution < -0.4 is 5.32 Å². The van der Waals surface area contributed by atoms with Gasteiger partial charge in [0.1, 0.15) is 0 Å². The highest BCUT2D eigenvalue weighted by Crippen LogP contribution is 2.25. The third-order valence-corrected chi connectivity index (χ3v) is 7.18. The third kappa shape index (κ3) is 4.02. The smallest absolute Gasteiger partial charge is 0.317 e. The highest BCUT2D eigenvalue weighted by atomic mass is 32.2. The van der Waals surface area contributed by atoms with Crippen molar-refractivity contribution in [3.63, 3.8) is 0 Å². The number of carbonyl (C=O) groups is 1. The quantitative estimate of drug-likeness (QED) is 0.891.